The Morgan fingerprint density at radius 1 is 1.32 bits per heavy atom. The van der Waals surface area contributed by atoms with Crippen LogP contribution in [0.4, 0.5) is 4.79 Å². The van der Waals surface area contributed by atoms with E-state index in [1.807, 2.05) is 18.2 Å². The largest absolute Gasteiger partial charge is 0.413 e. The highest BCUT2D eigenvalue weighted by molar-refractivity contribution is 5.82. The summed E-state index contributed by atoms with van der Waals surface area (Å²) in [6, 6.07) is 7.38. The molecule has 1 aromatic carbocycles. The summed E-state index contributed by atoms with van der Waals surface area (Å²) in [4.78, 5) is 24.2. The number of hydrogen-bond donors (Lipinski definition) is 1. The number of likely N-dealkylation sites (N-methyl/N-ethyl adjacent to an activating group) is 1. The van der Waals surface area contributed by atoms with Crippen molar-refractivity contribution in [1.29, 1.82) is 0 Å². The monoisotopic (exact) mass is 264 g/mol. The van der Waals surface area contributed by atoms with E-state index in [-0.39, 0.29) is 12.5 Å². The summed E-state index contributed by atoms with van der Waals surface area (Å²) < 4.78 is 5.11. The molecule has 5 heteroatoms. The van der Waals surface area contributed by atoms with Crippen LogP contribution < -0.4 is 10.1 Å². The number of nitrogens with zero attached hydrogens (tertiary/aromatic N) is 1. The summed E-state index contributed by atoms with van der Waals surface area (Å²) in [5.74, 6) is 0.303. The van der Waals surface area contributed by atoms with E-state index in [0.29, 0.717) is 5.75 Å². The van der Waals surface area contributed by atoms with Gasteiger partial charge in [0.15, 0.2) is 0 Å². The molecule has 2 amide bonds. The van der Waals surface area contributed by atoms with Crippen molar-refractivity contribution in [1.82, 2.24) is 10.2 Å². The van der Waals surface area contributed by atoms with Gasteiger partial charge in [-0.05, 0) is 24.1 Å². The van der Waals surface area contributed by atoms with Crippen LogP contribution in [0.15, 0.2) is 24.3 Å². The van der Waals surface area contributed by atoms with Crippen LogP contribution in [0, 0.1) is 0 Å². The summed E-state index contributed by atoms with van der Waals surface area (Å²) in [6.45, 7) is 2.02. The standard InChI is InChI=1S/C14H20N2O3/c1-4-6-11-7-5-8-12(9-11)19-14(18)15-10-13(17)16(2)3/h5,7-9H,4,6,10H2,1-3H3,(H,15,18). The number of benzene rings is 1. The Morgan fingerprint density at radius 3 is 2.68 bits per heavy atom. The van der Waals surface area contributed by atoms with Crippen molar-refractivity contribution in [2.75, 3.05) is 20.6 Å². The fourth-order valence-corrected chi connectivity index (χ4v) is 1.50. The Bertz CT molecular complexity index is 444. The first-order valence-electron chi connectivity index (χ1n) is 6.27. The molecule has 5 nitrogen and oxygen atoms in total. The first kappa shape index (κ1) is 15.0. The number of rotatable bonds is 5. The number of hydrogen-bond acceptors (Lipinski definition) is 3. The normalized spacial score (nSPS) is 9.84. The molecular weight excluding hydrogens is 244 g/mol. The highest BCUT2D eigenvalue weighted by Gasteiger charge is 2.08. The lowest BCUT2D eigenvalue weighted by Gasteiger charge is -2.11. The fraction of sp³-hybridized carbons (Fsp3) is 0.429. The number of amides is 2. The van der Waals surface area contributed by atoms with E-state index in [0.717, 1.165) is 18.4 Å². The summed E-state index contributed by atoms with van der Waals surface area (Å²) >= 11 is 0. The van der Waals surface area contributed by atoms with Gasteiger partial charge in [-0.1, -0.05) is 25.5 Å². The molecule has 0 heterocycles. The second-order valence-electron chi connectivity index (χ2n) is 4.43. The predicted octanol–water partition coefficient (Wildman–Crippen LogP) is 1.82. The Labute approximate surface area is 113 Å². The van der Waals surface area contributed by atoms with Crippen LogP contribution in [0.1, 0.15) is 18.9 Å². The van der Waals surface area contributed by atoms with Crippen LogP contribution in [0.3, 0.4) is 0 Å². The Morgan fingerprint density at radius 2 is 2.05 bits per heavy atom. The summed E-state index contributed by atoms with van der Waals surface area (Å²) in [6.07, 6.45) is 1.36. The maximum atomic E-state index is 11.5. The molecule has 0 aliphatic heterocycles. The first-order chi connectivity index (χ1) is 9.02. The molecule has 0 bridgehead atoms. The summed E-state index contributed by atoms with van der Waals surface area (Å²) in [7, 11) is 3.26. The molecular formula is C14H20N2O3. The lowest BCUT2D eigenvalue weighted by Crippen LogP contribution is -2.37. The van der Waals surface area contributed by atoms with E-state index in [9.17, 15) is 9.59 Å². The molecule has 0 saturated carbocycles. The van der Waals surface area contributed by atoms with E-state index in [1.165, 1.54) is 4.90 Å². The number of carbonyl (C=O) groups is 2. The average molecular weight is 264 g/mol. The number of ether oxygens (including phenoxy) is 1. The van der Waals surface area contributed by atoms with Gasteiger partial charge in [0, 0.05) is 14.1 Å². The fourth-order valence-electron chi connectivity index (χ4n) is 1.50. The summed E-state index contributed by atoms with van der Waals surface area (Å²) in [5, 5.41) is 2.41. The minimum atomic E-state index is -0.621. The maximum absolute atomic E-state index is 11.5. The van der Waals surface area contributed by atoms with Gasteiger partial charge in [-0.15, -0.1) is 0 Å². The molecule has 0 radical (unpaired) electrons. The quantitative estimate of drug-likeness (QED) is 0.882. The Kier molecular flexibility index (Phi) is 5.85. The van der Waals surface area contributed by atoms with Gasteiger partial charge in [0.2, 0.25) is 5.91 Å². The molecule has 1 N–H and O–H groups in total. The third-order valence-corrected chi connectivity index (χ3v) is 2.53. The number of nitrogens with one attached hydrogen (secondary N) is 1. The van der Waals surface area contributed by atoms with Crippen LogP contribution in [0.5, 0.6) is 5.75 Å². The van der Waals surface area contributed by atoms with Gasteiger partial charge in [-0.3, -0.25) is 4.79 Å². The third kappa shape index (κ3) is 5.42. The van der Waals surface area contributed by atoms with Gasteiger partial charge in [-0.25, -0.2) is 4.79 Å². The predicted molar refractivity (Wildman–Crippen MR) is 73.2 cm³/mol. The molecule has 0 aliphatic carbocycles. The second-order valence-corrected chi connectivity index (χ2v) is 4.43. The maximum Gasteiger partial charge on any atom is 0.413 e. The zero-order chi connectivity index (χ0) is 14.3. The van der Waals surface area contributed by atoms with Gasteiger partial charge in [-0.2, -0.15) is 0 Å². The highest BCUT2D eigenvalue weighted by atomic mass is 16.6. The van der Waals surface area contributed by atoms with Gasteiger partial charge >= 0.3 is 6.09 Å². The topological polar surface area (TPSA) is 58.6 Å². The van der Waals surface area contributed by atoms with Crippen molar-refractivity contribution in [2.24, 2.45) is 0 Å². The van der Waals surface area contributed by atoms with Crippen LogP contribution in [-0.4, -0.2) is 37.5 Å². The second kappa shape index (κ2) is 7.41. The zero-order valence-corrected chi connectivity index (χ0v) is 11.6. The van der Waals surface area contributed by atoms with E-state index in [4.69, 9.17) is 4.74 Å². The molecule has 0 fully saturated rings. The molecule has 104 valence electrons. The minimum Gasteiger partial charge on any atom is -0.410 e. The van der Waals surface area contributed by atoms with E-state index >= 15 is 0 Å². The molecule has 19 heavy (non-hydrogen) atoms. The SMILES string of the molecule is CCCc1cccc(OC(=O)NCC(=O)N(C)C)c1. The molecule has 0 atom stereocenters. The Hall–Kier alpha value is -2.04. The molecule has 0 aliphatic rings. The smallest absolute Gasteiger partial charge is 0.410 e. The van der Waals surface area contributed by atoms with Crippen molar-refractivity contribution in [3.63, 3.8) is 0 Å². The molecule has 1 rings (SSSR count). The van der Waals surface area contributed by atoms with Crippen molar-refractivity contribution < 1.29 is 14.3 Å². The van der Waals surface area contributed by atoms with Gasteiger partial charge in [0.05, 0.1) is 0 Å². The van der Waals surface area contributed by atoms with E-state index < -0.39 is 6.09 Å². The Balaban J connectivity index is 2.48. The molecule has 0 aromatic heterocycles. The van der Waals surface area contributed by atoms with Crippen molar-refractivity contribution >= 4 is 12.0 Å². The van der Waals surface area contributed by atoms with Crippen LogP contribution in [-0.2, 0) is 11.2 Å². The number of aryl methyl sites for hydroxylation is 1. The molecule has 1 aromatic rings. The third-order valence-electron chi connectivity index (χ3n) is 2.53. The lowest BCUT2D eigenvalue weighted by atomic mass is 10.1. The van der Waals surface area contributed by atoms with Crippen molar-refractivity contribution in [3.05, 3.63) is 29.8 Å². The molecule has 0 spiro atoms. The zero-order valence-electron chi connectivity index (χ0n) is 11.6. The molecule has 0 unspecified atom stereocenters. The minimum absolute atomic E-state index is 0.0690. The lowest BCUT2D eigenvalue weighted by molar-refractivity contribution is -0.127. The van der Waals surface area contributed by atoms with Crippen LogP contribution in [0.2, 0.25) is 0 Å². The average Bonchev–Trinajstić information content (AvgIpc) is 2.36. The summed E-state index contributed by atoms with van der Waals surface area (Å²) in [5.41, 5.74) is 1.12. The van der Waals surface area contributed by atoms with Crippen molar-refractivity contribution in [2.45, 2.75) is 19.8 Å². The van der Waals surface area contributed by atoms with E-state index in [1.54, 1.807) is 20.2 Å². The van der Waals surface area contributed by atoms with Crippen LogP contribution >= 0.6 is 0 Å². The van der Waals surface area contributed by atoms with E-state index in [2.05, 4.69) is 12.2 Å². The van der Waals surface area contributed by atoms with Gasteiger partial charge < -0.3 is 15.0 Å². The first-order valence-corrected chi connectivity index (χ1v) is 6.27. The van der Waals surface area contributed by atoms with Crippen molar-refractivity contribution in [3.8, 4) is 5.75 Å². The number of carbonyl (C=O) groups excluding carboxylic acids is 2. The highest BCUT2D eigenvalue weighted by Crippen LogP contribution is 2.14. The van der Waals surface area contributed by atoms with Gasteiger partial charge in [0.1, 0.15) is 12.3 Å². The van der Waals surface area contributed by atoms with Gasteiger partial charge in [0.25, 0.3) is 0 Å². The van der Waals surface area contributed by atoms with Crippen LogP contribution in [0.25, 0.3) is 0 Å². The molecule has 0 saturated heterocycles.